The summed E-state index contributed by atoms with van der Waals surface area (Å²) in [6.07, 6.45) is 0. The van der Waals surface area contributed by atoms with Crippen molar-refractivity contribution in [1.29, 1.82) is 0 Å². The zero-order chi connectivity index (χ0) is 8.84. The summed E-state index contributed by atoms with van der Waals surface area (Å²) >= 11 is 7.00. The minimum atomic E-state index is 1.01. The van der Waals surface area contributed by atoms with E-state index in [9.17, 15) is 0 Å². The molecule has 0 aromatic heterocycles. The molecule has 0 fully saturated rings. The highest BCUT2D eigenvalue weighted by molar-refractivity contribution is 8.24. The average molecular weight is 202 g/mol. The van der Waals surface area contributed by atoms with Gasteiger partial charge >= 0.3 is 0 Å². The van der Waals surface area contributed by atoms with Crippen molar-refractivity contribution in [2.45, 2.75) is 4.90 Å². The fraction of sp³-hybridized carbons (Fsp3) is 0. The molecule has 1 heterocycles. The molecule has 2 heteroatoms. The number of hydrogen-bond donors (Lipinski definition) is 0. The van der Waals surface area contributed by atoms with E-state index in [-0.39, 0.29) is 0 Å². The second kappa shape index (κ2) is 2.56. The van der Waals surface area contributed by atoms with E-state index in [1.54, 1.807) is 11.8 Å². The molecule has 62 valence electrons. The molecule has 0 unspecified atom stereocenters. The Morgan fingerprint density at radius 3 is 2.62 bits per heavy atom. The summed E-state index contributed by atoms with van der Waals surface area (Å²) in [5.41, 5.74) is 1.23. The lowest BCUT2D eigenvalue weighted by molar-refractivity contribution is 1.56. The third kappa shape index (κ3) is 0.960. The average Bonchev–Trinajstić information content (AvgIpc) is 2.47. The molecule has 0 atom stereocenters. The molecule has 13 heavy (non-hydrogen) atoms. The molecule has 1 aliphatic heterocycles. The van der Waals surface area contributed by atoms with Crippen molar-refractivity contribution in [1.82, 2.24) is 0 Å². The maximum atomic E-state index is 5.30. The Hall–Kier alpha value is -0.860. The lowest BCUT2D eigenvalue weighted by atomic mass is 10.1. The van der Waals surface area contributed by atoms with Gasteiger partial charge < -0.3 is 0 Å². The van der Waals surface area contributed by atoms with E-state index in [1.807, 2.05) is 0 Å². The summed E-state index contributed by atoms with van der Waals surface area (Å²) < 4.78 is 1.01. The second-order valence-electron chi connectivity index (χ2n) is 3.05. The highest BCUT2D eigenvalue weighted by atomic mass is 32.2. The van der Waals surface area contributed by atoms with E-state index in [0.29, 0.717) is 0 Å². The molecule has 2 aromatic carbocycles. The van der Waals surface area contributed by atoms with Gasteiger partial charge in [-0.05, 0) is 11.5 Å². The predicted octanol–water partition coefficient (Wildman–Crippen LogP) is 3.62. The Morgan fingerprint density at radius 2 is 1.77 bits per heavy atom. The Kier molecular flexibility index (Phi) is 1.49. The van der Waals surface area contributed by atoms with Crippen molar-refractivity contribution in [3.63, 3.8) is 0 Å². The van der Waals surface area contributed by atoms with Crippen molar-refractivity contribution in [2.75, 3.05) is 0 Å². The lowest BCUT2D eigenvalue weighted by Gasteiger charge is -1.97. The van der Waals surface area contributed by atoms with Gasteiger partial charge in [0.15, 0.2) is 0 Å². The maximum Gasteiger partial charge on any atom is 0.0832 e. The van der Waals surface area contributed by atoms with Crippen molar-refractivity contribution in [2.24, 2.45) is 0 Å². The normalized spacial score (nSPS) is 14.0. The van der Waals surface area contributed by atoms with E-state index in [2.05, 4.69) is 36.4 Å². The third-order valence-corrected chi connectivity index (χ3v) is 3.72. The smallest absolute Gasteiger partial charge is 0.0770 e. The summed E-state index contributed by atoms with van der Waals surface area (Å²) in [6.45, 7) is 0. The van der Waals surface area contributed by atoms with Crippen LogP contribution in [-0.2, 0) is 0 Å². The first-order valence-electron chi connectivity index (χ1n) is 4.10. The van der Waals surface area contributed by atoms with Crippen LogP contribution in [-0.4, -0.2) is 4.20 Å². The number of hydrogen-bond acceptors (Lipinski definition) is 2. The first kappa shape index (κ1) is 7.54. The van der Waals surface area contributed by atoms with Crippen LogP contribution in [0.2, 0.25) is 0 Å². The van der Waals surface area contributed by atoms with Crippen molar-refractivity contribution >= 4 is 38.9 Å². The molecule has 0 saturated heterocycles. The molecule has 0 saturated carbocycles. The monoisotopic (exact) mass is 202 g/mol. The van der Waals surface area contributed by atoms with Crippen LogP contribution in [0.25, 0.3) is 10.8 Å². The maximum absolute atomic E-state index is 5.30. The summed E-state index contributed by atoms with van der Waals surface area (Å²) in [6, 6.07) is 12.7. The molecule has 0 spiro atoms. The molecular weight excluding hydrogens is 196 g/mol. The quantitative estimate of drug-likeness (QED) is 0.598. The zero-order valence-corrected chi connectivity index (χ0v) is 8.41. The summed E-state index contributed by atoms with van der Waals surface area (Å²) in [5.74, 6) is 0. The first-order chi connectivity index (χ1) is 6.36. The zero-order valence-electron chi connectivity index (χ0n) is 6.78. The van der Waals surface area contributed by atoms with Crippen LogP contribution in [0.3, 0.4) is 0 Å². The largest absolute Gasteiger partial charge is 0.0832 e. The van der Waals surface area contributed by atoms with E-state index in [4.69, 9.17) is 12.2 Å². The minimum absolute atomic E-state index is 1.01. The molecule has 0 nitrogen and oxygen atoms in total. The number of thiocarbonyl (C=S) groups is 1. The molecule has 2 aromatic rings. The Balaban J connectivity index is 2.58. The highest BCUT2D eigenvalue weighted by Gasteiger charge is 2.18. The van der Waals surface area contributed by atoms with Crippen LogP contribution in [0.4, 0.5) is 0 Å². The fourth-order valence-electron chi connectivity index (χ4n) is 1.72. The van der Waals surface area contributed by atoms with Gasteiger partial charge in [0, 0.05) is 15.8 Å². The molecule has 0 amide bonds. The van der Waals surface area contributed by atoms with Gasteiger partial charge in [0.2, 0.25) is 0 Å². The van der Waals surface area contributed by atoms with Gasteiger partial charge in [-0.15, -0.1) is 0 Å². The molecule has 0 radical (unpaired) electrons. The van der Waals surface area contributed by atoms with Gasteiger partial charge in [-0.25, -0.2) is 0 Å². The summed E-state index contributed by atoms with van der Waals surface area (Å²) in [4.78, 5) is 1.30. The Morgan fingerprint density at radius 1 is 1.00 bits per heavy atom. The number of benzene rings is 2. The SMILES string of the molecule is S=C1Sc2cccc3cccc1c23. The van der Waals surface area contributed by atoms with Crippen LogP contribution < -0.4 is 0 Å². The molecule has 0 aliphatic carbocycles. The topological polar surface area (TPSA) is 0 Å². The predicted molar refractivity (Wildman–Crippen MR) is 61.5 cm³/mol. The minimum Gasteiger partial charge on any atom is -0.0770 e. The lowest BCUT2D eigenvalue weighted by Crippen LogP contribution is -1.83. The second-order valence-corrected chi connectivity index (χ2v) is 4.77. The third-order valence-electron chi connectivity index (χ3n) is 2.29. The van der Waals surface area contributed by atoms with Crippen molar-refractivity contribution < 1.29 is 0 Å². The van der Waals surface area contributed by atoms with E-state index in [0.717, 1.165) is 4.20 Å². The van der Waals surface area contributed by atoms with Crippen LogP contribution in [0.1, 0.15) is 5.56 Å². The molecule has 0 bridgehead atoms. The molecule has 3 rings (SSSR count). The van der Waals surface area contributed by atoms with Gasteiger partial charge in [-0.1, -0.05) is 54.3 Å². The molecule has 1 aliphatic rings. The van der Waals surface area contributed by atoms with E-state index in [1.165, 1.54) is 21.2 Å². The highest BCUT2D eigenvalue weighted by Crippen LogP contribution is 2.40. The first-order valence-corrected chi connectivity index (χ1v) is 5.33. The Bertz CT molecular complexity index is 509. The van der Waals surface area contributed by atoms with Gasteiger partial charge in [-0.3, -0.25) is 0 Å². The van der Waals surface area contributed by atoms with E-state index >= 15 is 0 Å². The van der Waals surface area contributed by atoms with Crippen LogP contribution in [0, 0.1) is 0 Å². The number of thioether (sulfide) groups is 1. The standard InChI is InChI=1S/C11H6S2/c12-11-8-5-1-3-7-4-2-6-9(13-11)10(7)8/h1-6H. The molecule has 0 N–H and O–H groups in total. The number of rotatable bonds is 0. The van der Waals surface area contributed by atoms with Gasteiger partial charge in [0.1, 0.15) is 0 Å². The van der Waals surface area contributed by atoms with Crippen LogP contribution in [0.5, 0.6) is 0 Å². The summed E-state index contributed by atoms with van der Waals surface area (Å²) in [7, 11) is 0. The van der Waals surface area contributed by atoms with Crippen molar-refractivity contribution in [3.05, 3.63) is 42.0 Å². The van der Waals surface area contributed by atoms with E-state index < -0.39 is 0 Å². The molecular formula is C11H6S2. The van der Waals surface area contributed by atoms with Crippen LogP contribution in [0.15, 0.2) is 41.3 Å². The fourth-order valence-corrected chi connectivity index (χ4v) is 3.11. The van der Waals surface area contributed by atoms with Gasteiger partial charge in [0.05, 0.1) is 4.20 Å². The van der Waals surface area contributed by atoms with Crippen molar-refractivity contribution in [3.8, 4) is 0 Å². The van der Waals surface area contributed by atoms with Gasteiger partial charge in [0.25, 0.3) is 0 Å². The van der Waals surface area contributed by atoms with Crippen LogP contribution >= 0.6 is 24.0 Å². The Labute approximate surface area is 86.0 Å². The van der Waals surface area contributed by atoms with Gasteiger partial charge in [-0.2, -0.15) is 0 Å². The summed E-state index contributed by atoms with van der Waals surface area (Å²) in [5, 5.41) is 2.63.